The van der Waals surface area contributed by atoms with Crippen molar-refractivity contribution < 1.29 is 0 Å². The summed E-state index contributed by atoms with van der Waals surface area (Å²) in [5.41, 5.74) is 0.566. The Morgan fingerprint density at radius 1 is 1.25 bits per heavy atom. The lowest BCUT2D eigenvalue weighted by Crippen LogP contribution is -2.67. The van der Waals surface area contributed by atoms with Gasteiger partial charge in [-0.1, -0.05) is 19.8 Å². The first-order chi connectivity index (χ1) is 9.66. The molecular weight excluding hydrogens is 248 g/mol. The lowest BCUT2D eigenvalue weighted by molar-refractivity contribution is 0.00596. The van der Waals surface area contributed by atoms with Crippen LogP contribution in [-0.4, -0.2) is 39.0 Å². The molecule has 1 unspecified atom stereocenters. The third-order valence-corrected chi connectivity index (χ3v) is 5.38. The number of hydrogen-bond donors (Lipinski definition) is 1. The van der Waals surface area contributed by atoms with Gasteiger partial charge in [-0.2, -0.15) is 0 Å². The molecule has 1 N–H and O–H groups in total. The van der Waals surface area contributed by atoms with Crippen LogP contribution in [-0.2, 0) is 6.54 Å². The second-order valence-corrected chi connectivity index (χ2v) is 6.71. The predicted octanol–water partition coefficient (Wildman–Crippen LogP) is 2.36. The van der Waals surface area contributed by atoms with Crippen LogP contribution in [0.5, 0.6) is 0 Å². The molecule has 0 bridgehead atoms. The van der Waals surface area contributed by atoms with E-state index in [1.807, 2.05) is 18.5 Å². The van der Waals surface area contributed by atoms with Gasteiger partial charge < -0.3 is 5.32 Å². The average Bonchev–Trinajstić information content (AvgIpc) is 2.93. The van der Waals surface area contributed by atoms with Gasteiger partial charge in [0.2, 0.25) is 0 Å². The fourth-order valence-corrected chi connectivity index (χ4v) is 3.67. The number of hydrogen-bond acceptors (Lipinski definition) is 4. The Morgan fingerprint density at radius 3 is 2.60 bits per heavy atom. The summed E-state index contributed by atoms with van der Waals surface area (Å²) in [5.74, 6) is 0.947. The van der Waals surface area contributed by atoms with Gasteiger partial charge in [-0.3, -0.25) is 4.90 Å². The van der Waals surface area contributed by atoms with E-state index in [4.69, 9.17) is 0 Å². The van der Waals surface area contributed by atoms with E-state index in [0.717, 1.165) is 31.9 Å². The van der Waals surface area contributed by atoms with Crippen molar-refractivity contribution >= 4 is 0 Å². The van der Waals surface area contributed by atoms with Gasteiger partial charge in [-0.05, 0) is 32.3 Å². The highest BCUT2D eigenvalue weighted by molar-refractivity contribution is 5.06. The van der Waals surface area contributed by atoms with Crippen molar-refractivity contribution in [2.75, 3.05) is 13.1 Å². The Hall–Kier alpha value is -1.00. The fourth-order valence-electron chi connectivity index (χ4n) is 3.67. The third-order valence-electron chi connectivity index (χ3n) is 5.38. The minimum atomic E-state index is 0.215. The molecule has 2 fully saturated rings. The molecular formula is C16H26N4. The zero-order valence-electron chi connectivity index (χ0n) is 12.7. The molecule has 4 nitrogen and oxygen atoms in total. The molecule has 2 heterocycles. The smallest absolute Gasteiger partial charge is 0.142 e. The number of nitrogens with one attached hydrogen (secondary N) is 1. The van der Waals surface area contributed by atoms with Crippen molar-refractivity contribution in [3.8, 4) is 0 Å². The fraction of sp³-hybridized carbons (Fsp3) is 0.750. The Kier molecular flexibility index (Phi) is 3.78. The monoisotopic (exact) mass is 274 g/mol. The van der Waals surface area contributed by atoms with Gasteiger partial charge in [-0.25, -0.2) is 9.97 Å². The summed E-state index contributed by atoms with van der Waals surface area (Å²) >= 11 is 0. The van der Waals surface area contributed by atoms with E-state index in [-0.39, 0.29) is 5.54 Å². The molecule has 110 valence electrons. The average molecular weight is 274 g/mol. The van der Waals surface area contributed by atoms with Crippen LogP contribution in [0, 0.1) is 0 Å². The van der Waals surface area contributed by atoms with Gasteiger partial charge in [0.05, 0.1) is 6.54 Å². The zero-order chi connectivity index (χ0) is 14.1. The minimum Gasteiger partial charge on any atom is -0.308 e. The molecule has 1 aliphatic heterocycles. The van der Waals surface area contributed by atoms with Crippen LogP contribution >= 0.6 is 0 Å². The van der Waals surface area contributed by atoms with Crippen LogP contribution in [0.3, 0.4) is 0 Å². The van der Waals surface area contributed by atoms with Gasteiger partial charge in [0, 0.05) is 36.6 Å². The van der Waals surface area contributed by atoms with Gasteiger partial charge in [0.1, 0.15) is 5.82 Å². The van der Waals surface area contributed by atoms with E-state index in [0.29, 0.717) is 5.54 Å². The van der Waals surface area contributed by atoms with Crippen molar-refractivity contribution in [2.24, 2.45) is 0 Å². The first-order valence-electron chi connectivity index (χ1n) is 7.92. The van der Waals surface area contributed by atoms with Crippen LogP contribution in [0.25, 0.3) is 0 Å². The lowest BCUT2D eigenvalue weighted by Gasteiger charge is -2.52. The van der Waals surface area contributed by atoms with Gasteiger partial charge >= 0.3 is 0 Å². The molecule has 0 radical (unpaired) electrons. The van der Waals surface area contributed by atoms with Crippen molar-refractivity contribution in [1.29, 1.82) is 0 Å². The van der Waals surface area contributed by atoms with E-state index in [2.05, 4.69) is 34.0 Å². The molecule has 1 atom stereocenters. The second kappa shape index (κ2) is 5.41. The molecule has 1 spiro atoms. The number of nitrogens with zero attached hydrogens (tertiary/aromatic N) is 3. The number of rotatable bonds is 3. The maximum absolute atomic E-state index is 4.41. The van der Waals surface area contributed by atoms with Crippen LogP contribution in [0.4, 0.5) is 0 Å². The number of aromatic nitrogens is 2. The van der Waals surface area contributed by atoms with Crippen LogP contribution < -0.4 is 5.32 Å². The Bertz CT molecular complexity index is 441. The van der Waals surface area contributed by atoms with Crippen molar-refractivity contribution in [3.05, 3.63) is 24.3 Å². The van der Waals surface area contributed by atoms with Crippen LogP contribution in [0.15, 0.2) is 18.5 Å². The first kappa shape index (κ1) is 14.0. The summed E-state index contributed by atoms with van der Waals surface area (Å²) in [6.07, 6.45) is 10.2. The Balaban J connectivity index is 1.79. The summed E-state index contributed by atoms with van der Waals surface area (Å²) < 4.78 is 0. The minimum absolute atomic E-state index is 0.215. The van der Waals surface area contributed by atoms with Gasteiger partial charge in [-0.15, -0.1) is 0 Å². The second-order valence-electron chi connectivity index (χ2n) is 6.71. The molecule has 1 saturated carbocycles. The third kappa shape index (κ3) is 2.59. The SMILES string of the molecule is CCC1(C)CNC2(CCCC2)CN1Cc1ncccn1. The maximum Gasteiger partial charge on any atom is 0.142 e. The van der Waals surface area contributed by atoms with Crippen molar-refractivity contribution in [1.82, 2.24) is 20.2 Å². The lowest BCUT2D eigenvalue weighted by atomic mass is 9.85. The highest BCUT2D eigenvalue weighted by Gasteiger charge is 2.45. The molecule has 0 amide bonds. The van der Waals surface area contributed by atoms with Crippen molar-refractivity contribution in [2.45, 2.75) is 63.6 Å². The molecule has 2 aliphatic rings. The van der Waals surface area contributed by atoms with E-state index in [1.54, 1.807) is 0 Å². The molecule has 20 heavy (non-hydrogen) atoms. The van der Waals surface area contributed by atoms with E-state index >= 15 is 0 Å². The summed E-state index contributed by atoms with van der Waals surface area (Å²) in [5, 5.41) is 3.87. The van der Waals surface area contributed by atoms with E-state index < -0.39 is 0 Å². The molecule has 1 aromatic heterocycles. The molecule has 1 aliphatic carbocycles. The van der Waals surface area contributed by atoms with Gasteiger partial charge in [0.15, 0.2) is 0 Å². The summed E-state index contributed by atoms with van der Waals surface area (Å²) in [7, 11) is 0. The molecule has 1 aromatic rings. The van der Waals surface area contributed by atoms with E-state index in [1.165, 1.54) is 25.7 Å². The molecule has 3 rings (SSSR count). The normalized spacial score (nSPS) is 29.9. The zero-order valence-corrected chi connectivity index (χ0v) is 12.7. The van der Waals surface area contributed by atoms with Gasteiger partial charge in [0.25, 0.3) is 0 Å². The number of piperazine rings is 1. The maximum atomic E-state index is 4.41. The van der Waals surface area contributed by atoms with Crippen molar-refractivity contribution in [3.63, 3.8) is 0 Å². The highest BCUT2D eigenvalue weighted by Crippen LogP contribution is 2.37. The van der Waals surface area contributed by atoms with E-state index in [9.17, 15) is 0 Å². The molecule has 1 saturated heterocycles. The topological polar surface area (TPSA) is 41.0 Å². The largest absolute Gasteiger partial charge is 0.308 e. The summed E-state index contributed by atoms with van der Waals surface area (Å²) in [6, 6.07) is 1.89. The Morgan fingerprint density at radius 2 is 1.95 bits per heavy atom. The Labute approximate surface area is 122 Å². The predicted molar refractivity (Wildman–Crippen MR) is 80.3 cm³/mol. The van der Waals surface area contributed by atoms with Crippen LogP contribution in [0.2, 0.25) is 0 Å². The molecule has 0 aromatic carbocycles. The molecule has 4 heteroatoms. The summed E-state index contributed by atoms with van der Waals surface area (Å²) in [4.78, 5) is 11.4. The summed E-state index contributed by atoms with van der Waals surface area (Å²) in [6.45, 7) is 7.73. The standard InChI is InChI=1S/C16H26N4/c1-3-15(2)12-19-16(7-4-5-8-16)13-20(15)11-14-17-9-6-10-18-14/h6,9-10,19H,3-5,7-8,11-13H2,1-2H3. The first-order valence-corrected chi connectivity index (χ1v) is 7.92. The van der Waals surface area contributed by atoms with Crippen LogP contribution in [0.1, 0.15) is 51.8 Å². The quantitative estimate of drug-likeness (QED) is 0.918. The highest BCUT2D eigenvalue weighted by atomic mass is 15.3.